The molecule has 0 aliphatic heterocycles. The van der Waals surface area contributed by atoms with Crippen molar-refractivity contribution in [2.24, 2.45) is 0 Å². The number of para-hydroxylation sites is 1. The summed E-state index contributed by atoms with van der Waals surface area (Å²) in [6, 6.07) is 6.73. The maximum atomic E-state index is 13.2. The third kappa shape index (κ3) is 1.16. The fourth-order valence-corrected chi connectivity index (χ4v) is 1.41. The minimum absolute atomic E-state index is 0.241. The van der Waals surface area contributed by atoms with Crippen LogP contribution in [0, 0.1) is 0 Å². The first kappa shape index (κ1) is 8.74. The van der Waals surface area contributed by atoms with E-state index in [0.717, 1.165) is 6.20 Å². The molecule has 0 aliphatic carbocycles. The molecule has 1 aromatic carbocycles. The summed E-state index contributed by atoms with van der Waals surface area (Å²) in [5, 5.41) is 0.557. The van der Waals surface area contributed by atoms with Gasteiger partial charge in [-0.15, -0.1) is 0 Å². The number of aromatic nitrogens is 1. The number of ether oxygens (including phenoxy) is 1. The van der Waals surface area contributed by atoms with Crippen molar-refractivity contribution >= 4 is 16.9 Å². The monoisotopic (exact) mass is 193 g/mol. The zero-order chi connectivity index (χ0) is 10.1. The van der Waals surface area contributed by atoms with Gasteiger partial charge >= 0.3 is 5.97 Å². The number of hydrogen-bond acceptors (Lipinski definition) is 2. The summed E-state index contributed by atoms with van der Waals surface area (Å²) in [7, 11) is 1.27. The van der Waals surface area contributed by atoms with E-state index in [9.17, 15) is 9.28 Å². The van der Waals surface area contributed by atoms with E-state index in [1.807, 2.05) is 0 Å². The van der Waals surface area contributed by atoms with Crippen molar-refractivity contribution in [3.63, 3.8) is 0 Å². The number of nitrogens with zero attached hydrogens (tertiary/aromatic N) is 1. The van der Waals surface area contributed by atoms with E-state index in [-0.39, 0.29) is 5.56 Å². The Morgan fingerprint density at radius 2 is 2.14 bits per heavy atom. The Kier molecular flexibility index (Phi) is 1.96. The maximum Gasteiger partial charge on any atom is 0.340 e. The Hall–Kier alpha value is -1.84. The number of rotatable bonds is 1. The third-order valence-corrected chi connectivity index (χ3v) is 2.07. The molecular formula is C10H8FNO2. The van der Waals surface area contributed by atoms with Gasteiger partial charge in [0.1, 0.15) is 0 Å². The molecule has 0 bridgehead atoms. The molecule has 0 N–H and O–H groups in total. The van der Waals surface area contributed by atoms with Crippen LogP contribution in [0.4, 0.5) is 4.48 Å². The normalized spacial score (nSPS) is 10.4. The Balaban J connectivity index is 2.72. The van der Waals surface area contributed by atoms with E-state index in [2.05, 4.69) is 4.74 Å². The summed E-state index contributed by atoms with van der Waals surface area (Å²) in [6.07, 6.45) is 1.12. The topological polar surface area (TPSA) is 31.2 Å². The van der Waals surface area contributed by atoms with E-state index in [1.165, 1.54) is 7.11 Å². The van der Waals surface area contributed by atoms with Gasteiger partial charge in [0.05, 0.1) is 24.4 Å². The van der Waals surface area contributed by atoms with E-state index in [4.69, 9.17) is 0 Å². The summed E-state index contributed by atoms with van der Waals surface area (Å²) < 4.78 is 17.8. The highest BCUT2D eigenvalue weighted by atomic mass is 19.2. The van der Waals surface area contributed by atoms with Gasteiger partial charge in [-0.1, -0.05) is 22.7 Å². The van der Waals surface area contributed by atoms with Crippen LogP contribution in [0.15, 0.2) is 30.5 Å². The average molecular weight is 193 g/mol. The first-order valence-corrected chi connectivity index (χ1v) is 4.08. The Morgan fingerprint density at radius 3 is 2.86 bits per heavy atom. The second kappa shape index (κ2) is 3.14. The molecule has 0 radical (unpaired) electrons. The lowest BCUT2D eigenvalue weighted by Crippen LogP contribution is -1.99. The molecule has 72 valence electrons. The van der Waals surface area contributed by atoms with Crippen molar-refractivity contribution in [1.82, 2.24) is 4.79 Å². The summed E-state index contributed by atoms with van der Waals surface area (Å²) in [5.41, 5.74) is 0.610. The summed E-state index contributed by atoms with van der Waals surface area (Å²) in [4.78, 5) is 11.7. The van der Waals surface area contributed by atoms with Gasteiger partial charge in [0.15, 0.2) is 0 Å². The molecule has 2 rings (SSSR count). The van der Waals surface area contributed by atoms with Crippen molar-refractivity contribution in [2.45, 2.75) is 0 Å². The van der Waals surface area contributed by atoms with Crippen LogP contribution in [0.5, 0.6) is 0 Å². The van der Waals surface area contributed by atoms with Crippen molar-refractivity contribution in [3.8, 4) is 0 Å². The number of methoxy groups -OCH3 is 1. The standard InChI is InChI=1S/C10H8FNO2/c1-14-10(13)8-6-12(11)9-5-3-2-4-7(8)9/h2-6H,1H3. The van der Waals surface area contributed by atoms with Crippen LogP contribution < -0.4 is 0 Å². The van der Waals surface area contributed by atoms with Crippen LogP contribution in [0.25, 0.3) is 10.9 Å². The highest BCUT2D eigenvalue weighted by Gasteiger charge is 2.14. The maximum absolute atomic E-state index is 13.2. The zero-order valence-corrected chi connectivity index (χ0v) is 7.53. The second-order valence-corrected chi connectivity index (χ2v) is 2.86. The summed E-state index contributed by atoms with van der Waals surface area (Å²) in [6.45, 7) is 0. The Morgan fingerprint density at radius 1 is 1.43 bits per heavy atom. The minimum Gasteiger partial charge on any atom is -0.465 e. The number of esters is 1. The third-order valence-electron chi connectivity index (χ3n) is 2.07. The molecule has 0 amide bonds. The van der Waals surface area contributed by atoms with Crippen LogP contribution in [0.3, 0.4) is 0 Å². The number of carbonyl (C=O) groups excluding carboxylic acids is 1. The van der Waals surface area contributed by atoms with Crippen LogP contribution in [0.1, 0.15) is 10.4 Å². The Bertz CT molecular complexity index is 490. The molecule has 0 saturated carbocycles. The van der Waals surface area contributed by atoms with Gasteiger partial charge in [-0.05, 0) is 6.07 Å². The van der Waals surface area contributed by atoms with Crippen LogP contribution >= 0.6 is 0 Å². The lowest BCUT2D eigenvalue weighted by molar-refractivity contribution is 0.0602. The fraction of sp³-hybridized carbons (Fsp3) is 0.100. The molecule has 1 heterocycles. The van der Waals surface area contributed by atoms with Gasteiger partial charge in [0, 0.05) is 5.39 Å². The Labute approximate surface area is 79.6 Å². The van der Waals surface area contributed by atoms with Gasteiger partial charge in [-0.25, -0.2) is 4.79 Å². The summed E-state index contributed by atoms with van der Waals surface area (Å²) in [5.74, 6) is -0.530. The van der Waals surface area contributed by atoms with Crippen LogP contribution in [0.2, 0.25) is 0 Å². The van der Waals surface area contributed by atoms with E-state index >= 15 is 0 Å². The predicted octanol–water partition coefficient (Wildman–Crippen LogP) is 2.16. The quantitative estimate of drug-likeness (QED) is 0.650. The number of halogens is 1. The van der Waals surface area contributed by atoms with Gasteiger partial charge in [-0.2, -0.15) is 4.79 Å². The van der Waals surface area contributed by atoms with Gasteiger partial charge in [-0.3, -0.25) is 0 Å². The van der Waals surface area contributed by atoms with E-state index in [0.29, 0.717) is 15.7 Å². The first-order valence-electron chi connectivity index (χ1n) is 4.08. The lowest BCUT2D eigenvalue weighted by Gasteiger charge is -1.94. The van der Waals surface area contributed by atoms with Crippen molar-refractivity contribution in [2.75, 3.05) is 7.11 Å². The zero-order valence-electron chi connectivity index (χ0n) is 7.53. The van der Waals surface area contributed by atoms with Gasteiger partial charge in [0.25, 0.3) is 0 Å². The van der Waals surface area contributed by atoms with E-state index in [1.54, 1.807) is 24.3 Å². The molecular weight excluding hydrogens is 185 g/mol. The lowest BCUT2D eigenvalue weighted by atomic mass is 10.2. The average Bonchev–Trinajstić information content (AvgIpc) is 2.56. The van der Waals surface area contributed by atoms with E-state index < -0.39 is 5.97 Å². The molecule has 0 fully saturated rings. The molecule has 0 atom stereocenters. The SMILES string of the molecule is COC(=O)c1cn(F)c2ccccc12. The van der Waals surface area contributed by atoms with Crippen molar-refractivity contribution in [3.05, 3.63) is 36.0 Å². The number of fused-ring (bicyclic) bond motifs is 1. The molecule has 0 saturated heterocycles. The molecule has 0 unspecified atom stereocenters. The summed E-state index contributed by atoms with van der Waals surface area (Å²) >= 11 is 0. The highest BCUT2D eigenvalue weighted by molar-refractivity contribution is 6.04. The molecule has 2 aromatic rings. The van der Waals surface area contributed by atoms with Gasteiger partial charge in [0.2, 0.25) is 0 Å². The second-order valence-electron chi connectivity index (χ2n) is 2.86. The number of hydrogen-bond donors (Lipinski definition) is 0. The minimum atomic E-state index is -0.530. The number of carbonyl (C=O) groups is 1. The smallest absolute Gasteiger partial charge is 0.340 e. The van der Waals surface area contributed by atoms with Gasteiger partial charge < -0.3 is 4.74 Å². The molecule has 0 aliphatic rings. The largest absolute Gasteiger partial charge is 0.465 e. The molecule has 4 heteroatoms. The molecule has 14 heavy (non-hydrogen) atoms. The highest BCUT2D eigenvalue weighted by Crippen LogP contribution is 2.21. The molecule has 3 nitrogen and oxygen atoms in total. The number of benzene rings is 1. The molecule has 1 aromatic heterocycles. The fourth-order valence-electron chi connectivity index (χ4n) is 1.41. The van der Waals surface area contributed by atoms with Crippen molar-refractivity contribution in [1.29, 1.82) is 0 Å². The van der Waals surface area contributed by atoms with Crippen LogP contribution in [-0.2, 0) is 4.74 Å². The van der Waals surface area contributed by atoms with Crippen molar-refractivity contribution < 1.29 is 14.0 Å². The molecule has 0 spiro atoms. The first-order chi connectivity index (χ1) is 6.74. The van der Waals surface area contributed by atoms with Crippen LogP contribution in [-0.4, -0.2) is 17.9 Å². The predicted molar refractivity (Wildman–Crippen MR) is 49.8 cm³/mol.